The number of hydrogen-bond donors (Lipinski definition) is 2. The van der Waals surface area contributed by atoms with Gasteiger partial charge in [-0.3, -0.25) is 14.6 Å². The van der Waals surface area contributed by atoms with Crippen molar-refractivity contribution in [2.45, 2.75) is 38.9 Å². The largest absolute Gasteiger partial charge is 0.326 e. The molecule has 0 unspecified atom stereocenters. The predicted octanol–water partition coefficient (Wildman–Crippen LogP) is 3.61. The van der Waals surface area contributed by atoms with Crippen molar-refractivity contribution in [1.29, 1.82) is 0 Å². The molecule has 7 heteroatoms. The molecule has 130 valence electrons. The third kappa shape index (κ3) is 5.24. The molecular weight excluding hydrogens is 346 g/mol. The summed E-state index contributed by atoms with van der Waals surface area (Å²) in [6.45, 7) is 6.78. The normalized spacial score (nSPS) is 19.0. The fraction of sp³-hybridized carbons (Fsp3) is 0.471. The lowest BCUT2D eigenvalue weighted by atomic mass is 10.1. The molecule has 1 aliphatic rings. The van der Waals surface area contributed by atoms with Crippen molar-refractivity contribution in [2.75, 3.05) is 11.9 Å². The smallest absolute Gasteiger partial charge is 0.240 e. The van der Waals surface area contributed by atoms with Gasteiger partial charge in [0.05, 0.1) is 0 Å². The molecule has 2 rings (SSSR count). The summed E-state index contributed by atoms with van der Waals surface area (Å²) in [5.74, 6) is 0.191. The maximum absolute atomic E-state index is 12.2. The molecular formula is C17H22ClN3O2S. The monoisotopic (exact) mass is 367 g/mol. The molecule has 2 amide bonds. The number of rotatable bonds is 6. The van der Waals surface area contributed by atoms with Crippen LogP contribution in [0.15, 0.2) is 23.2 Å². The van der Waals surface area contributed by atoms with Crippen molar-refractivity contribution in [3.8, 4) is 0 Å². The fourth-order valence-electron chi connectivity index (χ4n) is 2.15. The number of hydrogen-bond acceptors (Lipinski definition) is 4. The Kier molecular flexibility index (Phi) is 6.69. The number of benzene rings is 1. The fourth-order valence-corrected chi connectivity index (χ4v) is 3.32. The molecule has 1 heterocycles. The van der Waals surface area contributed by atoms with E-state index in [0.717, 1.165) is 12.0 Å². The number of nitrogens with one attached hydrogen (secondary N) is 2. The van der Waals surface area contributed by atoms with Gasteiger partial charge in [0.2, 0.25) is 11.8 Å². The van der Waals surface area contributed by atoms with E-state index in [0.29, 0.717) is 28.3 Å². The van der Waals surface area contributed by atoms with Crippen LogP contribution in [0.1, 0.15) is 32.3 Å². The molecule has 0 radical (unpaired) electrons. The van der Waals surface area contributed by atoms with Gasteiger partial charge in [-0.15, -0.1) is 0 Å². The van der Waals surface area contributed by atoms with Crippen molar-refractivity contribution >= 4 is 46.0 Å². The summed E-state index contributed by atoms with van der Waals surface area (Å²) in [5.41, 5.74) is 1.48. The molecule has 24 heavy (non-hydrogen) atoms. The quantitative estimate of drug-likeness (QED) is 0.806. The molecule has 1 aromatic rings. The van der Waals surface area contributed by atoms with Crippen LogP contribution in [-0.2, 0) is 9.59 Å². The Morgan fingerprint density at radius 1 is 1.46 bits per heavy atom. The van der Waals surface area contributed by atoms with Crippen molar-refractivity contribution < 1.29 is 9.59 Å². The third-order valence-electron chi connectivity index (χ3n) is 3.65. The highest BCUT2D eigenvalue weighted by Gasteiger charge is 2.32. The highest BCUT2D eigenvalue weighted by atomic mass is 35.5. The van der Waals surface area contributed by atoms with Gasteiger partial charge in [-0.1, -0.05) is 43.3 Å². The first kappa shape index (κ1) is 18.8. The van der Waals surface area contributed by atoms with Crippen molar-refractivity contribution in [3.05, 3.63) is 28.8 Å². The van der Waals surface area contributed by atoms with E-state index >= 15 is 0 Å². The average molecular weight is 368 g/mol. The Hall–Kier alpha value is -1.53. The highest BCUT2D eigenvalue weighted by Crippen LogP contribution is 2.25. The van der Waals surface area contributed by atoms with Crippen molar-refractivity contribution in [3.63, 3.8) is 0 Å². The SMILES string of the molecule is Cc1c(Cl)cccc1NC(=O)C[C@H]1SC(=NCCC(C)C)NC1=O. The molecule has 1 aromatic carbocycles. The lowest BCUT2D eigenvalue weighted by Gasteiger charge is -2.10. The van der Waals surface area contributed by atoms with Crippen molar-refractivity contribution in [1.82, 2.24) is 5.32 Å². The van der Waals surface area contributed by atoms with E-state index in [1.54, 1.807) is 18.2 Å². The summed E-state index contributed by atoms with van der Waals surface area (Å²) in [6.07, 6.45) is 1.07. The molecule has 2 N–H and O–H groups in total. The first-order valence-corrected chi connectivity index (χ1v) is 9.19. The Morgan fingerprint density at radius 3 is 2.92 bits per heavy atom. The number of carbonyl (C=O) groups excluding carboxylic acids is 2. The zero-order chi connectivity index (χ0) is 17.7. The van der Waals surface area contributed by atoms with E-state index in [1.807, 2.05) is 6.92 Å². The second-order valence-corrected chi connectivity index (χ2v) is 7.73. The maximum Gasteiger partial charge on any atom is 0.240 e. The lowest BCUT2D eigenvalue weighted by molar-refractivity contribution is -0.122. The summed E-state index contributed by atoms with van der Waals surface area (Å²) in [6, 6.07) is 5.34. The average Bonchev–Trinajstić information content (AvgIpc) is 2.83. The van der Waals surface area contributed by atoms with Gasteiger partial charge >= 0.3 is 0 Å². The molecule has 0 saturated carbocycles. The molecule has 0 bridgehead atoms. The summed E-state index contributed by atoms with van der Waals surface area (Å²) >= 11 is 7.36. The van der Waals surface area contributed by atoms with E-state index in [9.17, 15) is 9.59 Å². The first-order valence-electron chi connectivity index (χ1n) is 7.93. The molecule has 1 saturated heterocycles. The standard InChI is InChI=1S/C17H22ClN3O2S/c1-10(2)7-8-19-17-21-16(23)14(24-17)9-15(22)20-13-6-4-5-12(18)11(13)3/h4-6,10,14H,7-9H2,1-3H3,(H,20,22)(H,19,21,23)/t14-/m1/s1. The van der Waals surface area contributed by atoms with Crippen LogP contribution < -0.4 is 10.6 Å². The number of amides is 2. The number of anilines is 1. The molecule has 1 aliphatic heterocycles. The zero-order valence-corrected chi connectivity index (χ0v) is 15.6. The summed E-state index contributed by atoms with van der Waals surface area (Å²) < 4.78 is 0. The van der Waals surface area contributed by atoms with Crippen LogP contribution in [0, 0.1) is 12.8 Å². The van der Waals surface area contributed by atoms with E-state index in [2.05, 4.69) is 29.5 Å². The minimum atomic E-state index is -0.442. The lowest BCUT2D eigenvalue weighted by Crippen LogP contribution is -2.28. The Labute approximate surface area is 151 Å². The van der Waals surface area contributed by atoms with Gasteiger partial charge < -0.3 is 10.6 Å². The van der Waals surface area contributed by atoms with E-state index in [4.69, 9.17) is 11.6 Å². The van der Waals surface area contributed by atoms with Crippen LogP contribution >= 0.6 is 23.4 Å². The number of halogens is 1. The Morgan fingerprint density at radius 2 is 2.21 bits per heavy atom. The number of nitrogens with zero attached hydrogens (tertiary/aromatic N) is 1. The van der Waals surface area contributed by atoms with Gasteiger partial charge in [0, 0.05) is 23.7 Å². The van der Waals surface area contributed by atoms with Crippen LogP contribution in [0.5, 0.6) is 0 Å². The second kappa shape index (κ2) is 8.53. The van der Waals surface area contributed by atoms with Gasteiger partial charge in [-0.2, -0.15) is 0 Å². The zero-order valence-electron chi connectivity index (χ0n) is 14.1. The molecule has 5 nitrogen and oxygen atoms in total. The predicted molar refractivity (Wildman–Crippen MR) is 101 cm³/mol. The van der Waals surface area contributed by atoms with Crippen LogP contribution in [-0.4, -0.2) is 28.8 Å². The van der Waals surface area contributed by atoms with Crippen LogP contribution in [0.3, 0.4) is 0 Å². The maximum atomic E-state index is 12.2. The number of thioether (sulfide) groups is 1. The summed E-state index contributed by atoms with van der Waals surface area (Å²) in [5, 5.41) is 6.32. The van der Waals surface area contributed by atoms with Gasteiger partial charge in [-0.25, -0.2) is 0 Å². The molecule has 0 aliphatic carbocycles. The molecule has 1 atom stereocenters. The summed E-state index contributed by atoms with van der Waals surface area (Å²) in [4.78, 5) is 28.6. The van der Waals surface area contributed by atoms with Gasteiger partial charge in [0.25, 0.3) is 0 Å². The number of aliphatic imine (C=N–C) groups is 1. The van der Waals surface area contributed by atoms with Crippen molar-refractivity contribution in [2.24, 2.45) is 10.9 Å². The molecule has 0 aromatic heterocycles. The Bertz CT molecular complexity index is 661. The third-order valence-corrected chi connectivity index (χ3v) is 5.18. The van der Waals surface area contributed by atoms with E-state index in [1.165, 1.54) is 11.8 Å². The topological polar surface area (TPSA) is 70.6 Å². The highest BCUT2D eigenvalue weighted by molar-refractivity contribution is 8.15. The summed E-state index contributed by atoms with van der Waals surface area (Å²) in [7, 11) is 0. The molecule has 1 fully saturated rings. The Balaban J connectivity index is 1.90. The van der Waals surface area contributed by atoms with Crippen LogP contribution in [0.2, 0.25) is 5.02 Å². The van der Waals surface area contributed by atoms with Crippen LogP contribution in [0.4, 0.5) is 5.69 Å². The van der Waals surface area contributed by atoms with Gasteiger partial charge in [-0.05, 0) is 37.0 Å². The number of carbonyl (C=O) groups is 2. The van der Waals surface area contributed by atoms with E-state index in [-0.39, 0.29) is 18.2 Å². The van der Waals surface area contributed by atoms with Gasteiger partial charge in [0.15, 0.2) is 5.17 Å². The van der Waals surface area contributed by atoms with Gasteiger partial charge in [0.1, 0.15) is 5.25 Å². The molecule has 0 spiro atoms. The minimum absolute atomic E-state index is 0.103. The second-order valence-electron chi connectivity index (χ2n) is 6.13. The number of amidine groups is 1. The van der Waals surface area contributed by atoms with Crippen LogP contribution in [0.25, 0.3) is 0 Å². The van der Waals surface area contributed by atoms with E-state index < -0.39 is 5.25 Å². The minimum Gasteiger partial charge on any atom is -0.326 e. The first-order chi connectivity index (χ1) is 11.4.